The Morgan fingerprint density at radius 1 is 1.14 bits per heavy atom. The van der Waals surface area contributed by atoms with Gasteiger partial charge in [-0.2, -0.15) is 0 Å². The number of piperazine rings is 1. The number of halogens is 4. The SMILES string of the molecule is Cl.Cl.Oc1c(Br)cc([C@H](CC2CC2)N2CCNCC2)cc1Br. The molecule has 1 atom stereocenters. The van der Waals surface area contributed by atoms with Crippen LogP contribution in [0.5, 0.6) is 5.75 Å². The molecule has 0 bridgehead atoms. The third-order valence-corrected chi connectivity index (χ3v) is 5.48. The Hall–Kier alpha value is 0.480. The van der Waals surface area contributed by atoms with Crippen LogP contribution in [0.4, 0.5) is 0 Å². The van der Waals surface area contributed by atoms with Gasteiger partial charge in [0.25, 0.3) is 0 Å². The highest BCUT2D eigenvalue weighted by molar-refractivity contribution is 9.11. The zero-order valence-electron chi connectivity index (χ0n) is 12.2. The van der Waals surface area contributed by atoms with Crippen LogP contribution in [0.1, 0.15) is 30.9 Å². The number of phenolic OH excluding ortho intramolecular Hbond substituents is 1. The van der Waals surface area contributed by atoms with Crippen LogP contribution in [0.25, 0.3) is 0 Å². The minimum Gasteiger partial charge on any atom is -0.506 e. The van der Waals surface area contributed by atoms with Crippen molar-refractivity contribution in [2.45, 2.75) is 25.3 Å². The molecule has 1 saturated heterocycles. The Morgan fingerprint density at radius 3 is 2.18 bits per heavy atom. The number of benzene rings is 1. The summed E-state index contributed by atoms with van der Waals surface area (Å²) in [4.78, 5) is 2.58. The molecule has 1 saturated carbocycles. The number of nitrogens with one attached hydrogen (secondary N) is 1. The summed E-state index contributed by atoms with van der Waals surface area (Å²) in [6.45, 7) is 4.35. The lowest BCUT2D eigenvalue weighted by Gasteiger charge is -2.35. The number of rotatable bonds is 4. The topological polar surface area (TPSA) is 35.5 Å². The zero-order valence-corrected chi connectivity index (χ0v) is 17.0. The van der Waals surface area contributed by atoms with Gasteiger partial charge in [-0.3, -0.25) is 4.90 Å². The summed E-state index contributed by atoms with van der Waals surface area (Å²) in [7, 11) is 0. The molecule has 0 amide bonds. The maximum Gasteiger partial charge on any atom is 0.143 e. The van der Waals surface area contributed by atoms with E-state index in [1.54, 1.807) is 0 Å². The van der Waals surface area contributed by atoms with E-state index in [1.165, 1.54) is 24.8 Å². The highest BCUT2D eigenvalue weighted by Gasteiger charge is 2.31. The fourth-order valence-corrected chi connectivity index (χ4v) is 4.16. The van der Waals surface area contributed by atoms with Crippen LogP contribution < -0.4 is 5.32 Å². The van der Waals surface area contributed by atoms with Gasteiger partial charge in [0.2, 0.25) is 0 Å². The lowest BCUT2D eigenvalue weighted by atomic mass is 9.98. The molecular formula is C15H22Br2Cl2N2O. The van der Waals surface area contributed by atoms with E-state index in [9.17, 15) is 5.11 Å². The normalized spacial score (nSPS) is 19.9. The fourth-order valence-electron chi connectivity index (χ4n) is 2.94. The van der Waals surface area contributed by atoms with Gasteiger partial charge in [0.05, 0.1) is 8.95 Å². The lowest BCUT2D eigenvalue weighted by Crippen LogP contribution is -2.45. The molecule has 7 heteroatoms. The minimum absolute atomic E-state index is 0. The predicted molar refractivity (Wildman–Crippen MR) is 103 cm³/mol. The van der Waals surface area contributed by atoms with Crippen molar-refractivity contribution in [3.63, 3.8) is 0 Å². The maximum absolute atomic E-state index is 9.90. The van der Waals surface area contributed by atoms with Crippen LogP contribution in [0.2, 0.25) is 0 Å². The van der Waals surface area contributed by atoms with E-state index < -0.39 is 0 Å². The average Bonchev–Trinajstić information content (AvgIpc) is 3.27. The van der Waals surface area contributed by atoms with Crippen LogP contribution >= 0.6 is 56.7 Å². The minimum atomic E-state index is 0. The summed E-state index contributed by atoms with van der Waals surface area (Å²) in [6, 6.07) is 4.63. The predicted octanol–water partition coefficient (Wildman–Crippen LogP) is 4.51. The van der Waals surface area contributed by atoms with Gasteiger partial charge in [0.1, 0.15) is 5.75 Å². The number of hydrogen-bond acceptors (Lipinski definition) is 3. The van der Waals surface area contributed by atoms with Crippen LogP contribution in [0.3, 0.4) is 0 Å². The number of aromatic hydroxyl groups is 1. The van der Waals surface area contributed by atoms with Crippen LogP contribution in [-0.4, -0.2) is 36.2 Å². The number of nitrogens with zero attached hydrogens (tertiary/aromatic N) is 1. The standard InChI is InChI=1S/C15H20Br2N2O.2ClH/c16-12-8-11(9-13(17)15(12)20)14(7-10-1-2-10)19-5-3-18-4-6-19;;/h8-10,14,18,20H,1-7H2;2*1H/t14-;;/m0../s1. The molecule has 0 unspecified atom stereocenters. The van der Waals surface area contributed by atoms with Gasteiger partial charge in [-0.15, -0.1) is 24.8 Å². The molecule has 1 heterocycles. The van der Waals surface area contributed by atoms with Crippen molar-refractivity contribution in [3.05, 3.63) is 26.6 Å². The van der Waals surface area contributed by atoms with Crippen molar-refractivity contribution in [3.8, 4) is 5.75 Å². The molecule has 0 aromatic heterocycles. The summed E-state index contributed by atoms with van der Waals surface area (Å²) in [5.41, 5.74) is 1.30. The Labute approximate surface area is 161 Å². The first kappa shape index (κ1) is 20.5. The molecule has 2 aliphatic rings. The molecule has 126 valence electrons. The van der Waals surface area contributed by atoms with Gasteiger partial charge in [0.15, 0.2) is 0 Å². The summed E-state index contributed by atoms with van der Waals surface area (Å²) >= 11 is 6.92. The molecule has 2 fully saturated rings. The number of hydrogen-bond donors (Lipinski definition) is 2. The monoisotopic (exact) mass is 474 g/mol. The van der Waals surface area contributed by atoms with Crippen molar-refractivity contribution >= 4 is 56.7 Å². The summed E-state index contributed by atoms with van der Waals surface area (Å²) in [6.07, 6.45) is 4.00. The van der Waals surface area contributed by atoms with Crippen molar-refractivity contribution in [1.82, 2.24) is 10.2 Å². The average molecular weight is 477 g/mol. The quantitative estimate of drug-likeness (QED) is 0.671. The van der Waals surface area contributed by atoms with Crippen molar-refractivity contribution in [2.75, 3.05) is 26.2 Å². The van der Waals surface area contributed by atoms with Crippen LogP contribution in [0.15, 0.2) is 21.1 Å². The highest BCUT2D eigenvalue weighted by atomic mass is 79.9. The van der Waals surface area contributed by atoms with Gasteiger partial charge in [-0.05, 0) is 61.9 Å². The third-order valence-electron chi connectivity index (χ3n) is 4.27. The largest absolute Gasteiger partial charge is 0.506 e. The molecule has 1 aromatic carbocycles. The van der Waals surface area contributed by atoms with E-state index in [1.807, 2.05) is 0 Å². The summed E-state index contributed by atoms with van der Waals surface area (Å²) in [5.74, 6) is 1.18. The van der Waals surface area contributed by atoms with E-state index in [4.69, 9.17) is 0 Å². The Kier molecular flexibility index (Phi) is 8.48. The second kappa shape index (κ2) is 9.09. The molecule has 2 N–H and O–H groups in total. The van der Waals surface area contributed by atoms with Gasteiger partial charge in [-0.25, -0.2) is 0 Å². The van der Waals surface area contributed by atoms with Gasteiger partial charge < -0.3 is 10.4 Å². The second-order valence-corrected chi connectivity index (χ2v) is 7.52. The Morgan fingerprint density at radius 2 is 1.68 bits per heavy atom. The first-order chi connectivity index (χ1) is 9.65. The molecular weight excluding hydrogens is 455 g/mol. The summed E-state index contributed by atoms with van der Waals surface area (Å²) in [5, 5.41) is 13.3. The van der Waals surface area contributed by atoms with E-state index in [2.05, 4.69) is 54.2 Å². The van der Waals surface area contributed by atoms with Crippen molar-refractivity contribution in [1.29, 1.82) is 0 Å². The van der Waals surface area contributed by atoms with Gasteiger partial charge in [0, 0.05) is 32.2 Å². The maximum atomic E-state index is 9.90. The molecule has 1 aromatic rings. The first-order valence-corrected chi connectivity index (χ1v) is 8.86. The molecule has 3 rings (SSSR count). The second-order valence-electron chi connectivity index (χ2n) is 5.81. The van der Waals surface area contributed by atoms with E-state index in [-0.39, 0.29) is 24.8 Å². The van der Waals surface area contributed by atoms with Gasteiger partial charge >= 0.3 is 0 Å². The van der Waals surface area contributed by atoms with E-state index in [0.29, 0.717) is 11.8 Å². The molecule has 1 aliphatic carbocycles. The molecule has 0 radical (unpaired) electrons. The Bertz CT molecular complexity index is 471. The summed E-state index contributed by atoms with van der Waals surface area (Å²) < 4.78 is 1.55. The molecule has 1 aliphatic heterocycles. The highest BCUT2D eigenvalue weighted by Crippen LogP contribution is 2.43. The smallest absolute Gasteiger partial charge is 0.143 e. The van der Waals surface area contributed by atoms with Crippen molar-refractivity contribution < 1.29 is 5.11 Å². The number of phenols is 1. The fraction of sp³-hybridized carbons (Fsp3) is 0.600. The van der Waals surface area contributed by atoms with E-state index in [0.717, 1.165) is 41.0 Å². The lowest BCUT2D eigenvalue weighted by molar-refractivity contribution is 0.160. The van der Waals surface area contributed by atoms with E-state index >= 15 is 0 Å². The van der Waals surface area contributed by atoms with Gasteiger partial charge in [-0.1, -0.05) is 12.8 Å². The first-order valence-electron chi connectivity index (χ1n) is 7.28. The zero-order chi connectivity index (χ0) is 14.1. The third kappa shape index (κ3) is 4.99. The van der Waals surface area contributed by atoms with Crippen molar-refractivity contribution in [2.24, 2.45) is 5.92 Å². The molecule has 3 nitrogen and oxygen atoms in total. The van der Waals surface area contributed by atoms with Crippen LogP contribution in [0, 0.1) is 5.92 Å². The van der Waals surface area contributed by atoms with Crippen LogP contribution in [-0.2, 0) is 0 Å². The Balaban J connectivity index is 0.00000121. The molecule has 0 spiro atoms. The molecule has 22 heavy (non-hydrogen) atoms.